The van der Waals surface area contributed by atoms with Crippen LogP contribution >= 0.6 is 0 Å². The Morgan fingerprint density at radius 1 is 1.11 bits per heavy atom. The van der Waals surface area contributed by atoms with Gasteiger partial charge in [0.05, 0.1) is 11.1 Å². The lowest BCUT2D eigenvalue weighted by molar-refractivity contribution is -0.125. The first-order valence-electron chi connectivity index (χ1n) is 9.91. The number of nitrogens with zero attached hydrogens (tertiary/aromatic N) is 1. The standard InChI is InChI=1S/C22H28N2O3/c1-15(2)14-19(20(25)23-13-12-16-8-4-3-5-9-16)24-21(26)17-10-6-7-11-18(17)22(24)27/h6-8,10-11,15,19H,3-5,9,12-14H2,1-2H3,(H,23,25). The first kappa shape index (κ1) is 19.3. The minimum Gasteiger partial charge on any atom is -0.354 e. The summed E-state index contributed by atoms with van der Waals surface area (Å²) in [6.45, 7) is 4.53. The molecule has 1 N–H and O–H groups in total. The molecule has 0 bridgehead atoms. The van der Waals surface area contributed by atoms with Crippen molar-refractivity contribution < 1.29 is 14.4 Å². The van der Waals surface area contributed by atoms with Crippen LogP contribution in [0.4, 0.5) is 0 Å². The smallest absolute Gasteiger partial charge is 0.262 e. The second-order valence-electron chi connectivity index (χ2n) is 7.82. The zero-order valence-corrected chi connectivity index (χ0v) is 16.2. The predicted octanol–water partition coefficient (Wildman–Crippen LogP) is 3.70. The van der Waals surface area contributed by atoms with Gasteiger partial charge < -0.3 is 5.32 Å². The van der Waals surface area contributed by atoms with E-state index >= 15 is 0 Å². The molecule has 0 saturated heterocycles. The number of amides is 3. The van der Waals surface area contributed by atoms with E-state index in [0.29, 0.717) is 24.1 Å². The minimum absolute atomic E-state index is 0.186. The summed E-state index contributed by atoms with van der Waals surface area (Å²) in [5.41, 5.74) is 2.16. The highest BCUT2D eigenvalue weighted by Crippen LogP contribution is 2.27. The van der Waals surface area contributed by atoms with Gasteiger partial charge in [-0.05, 0) is 56.6 Å². The van der Waals surface area contributed by atoms with Crippen molar-refractivity contribution in [3.63, 3.8) is 0 Å². The topological polar surface area (TPSA) is 66.5 Å². The van der Waals surface area contributed by atoms with Gasteiger partial charge in [-0.1, -0.05) is 37.6 Å². The first-order valence-corrected chi connectivity index (χ1v) is 9.91. The van der Waals surface area contributed by atoms with Crippen molar-refractivity contribution in [2.45, 2.75) is 58.4 Å². The Hall–Kier alpha value is -2.43. The molecule has 27 heavy (non-hydrogen) atoms. The molecule has 1 heterocycles. The third-order valence-corrected chi connectivity index (χ3v) is 5.26. The maximum Gasteiger partial charge on any atom is 0.262 e. The monoisotopic (exact) mass is 368 g/mol. The van der Waals surface area contributed by atoms with Crippen LogP contribution < -0.4 is 5.32 Å². The largest absolute Gasteiger partial charge is 0.354 e. The summed E-state index contributed by atoms with van der Waals surface area (Å²) >= 11 is 0. The van der Waals surface area contributed by atoms with Crippen molar-refractivity contribution in [1.29, 1.82) is 0 Å². The molecule has 3 rings (SSSR count). The zero-order chi connectivity index (χ0) is 19.4. The molecule has 0 spiro atoms. The van der Waals surface area contributed by atoms with E-state index in [1.54, 1.807) is 24.3 Å². The van der Waals surface area contributed by atoms with Gasteiger partial charge >= 0.3 is 0 Å². The lowest BCUT2D eigenvalue weighted by Gasteiger charge is -2.27. The molecule has 0 fully saturated rings. The van der Waals surface area contributed by atoms with Crippen LogP contribution in [-0.2, 0) is 4.79 Å². The van der Waals surface area contributed by atoms with Crippen molar-refractivity contribution >= 4 is 17.7 Å². The molecule has 5 heteroatoms. The summed E-state index contributed by atoms with van der Waals surface area (Å²) in [5.74, 6) is -0.793. The van der Waals surface area contributed by atoms with E-state index in [1.807, 2.05) is 13.8 Å². The summed E-state index contributed by atoms with van der Waals surface area (Å²) in [4.78, 5) is 39.6. The molecule has 2 aliphatic rings. The summed E-state index contributed by atoms with van der Waals surface area (Å²) in [6, 6.07) is 6.01. The van der Waals surface area contributed by atoms with E-state index in [-0.39, 0.29) is 23.6 Å². The number of rotatable bonds is 7. The average Bonchev–Trinajstić information content (AvgIpc) is 2.91. The second-order valence-corrected chi connectivity index (χ2v) is 7.82. The fraction of sp³-hybridized carbons (Fsp3) is 0.500. The van der Waals surface area contributed by atoms with Crippen LogP contribution in [0.15, 0.2) is 35.9 Å². The number of carbonyl (C=O) groups is 3. The molecule has 1 aromatic carbocycles. The molecule has 1 aromatic rings. The van der Waals surface area contributed by atoms with Crippen LogP contribution in [-0.4, -0.2) is 35.2 Å². The van der Waals surface area contributed by atoms with Crippen molar-refractivity contribution in [2.75, 3.05) is 6.54 Å². The van der Waals surface area contributed by atoms with E-state index in [9.17, 15) is 14.4 Å². The Morgan fingerprint density at radius 3 is 2.33 bits per heavy atom. The summed E-state index contributed by atoms with van der Waals surface area (Å²) < 4.78 is 0. The van der Waals surface area contributed by atoms with Crippen molar-refractivity contribution in [2.24, 2.45) is 5.92 Å². The van der Waals surface area contributed by atoms with E-state index in [4.69, 9.17) is 0 Å². The molecule has 3 amide bonds. The highest BCUT2D eigenvalue weighted by molar-refractivity contribution is 6.22. The van der Waals surface area contributed by atoms with E-state index in [1.165, 1.54) is 18.4 Å². The van der Waals surface area contributed by atoms with E-state index < -0.39 is 6.04 Å². The van der Waals surface area contributed by atoms with Gasteiger partial charge in [-0.3, -0.25) is 19.3 Å². The van der Waals surface area contributed by atoms with Crippen molar-refractivity contribution in [3.05, 3.63) is 47.0 Å². The van der Waals surface area contributed by atoms with Gasteiger partial charge in [-0.2, -0.15) is 0 Å². The normalized spacial score (nSPS) is 17.7. The third kappa shape index (κ3) is 4.29. The van der Waals surface area contributed by atoms with Crippen LogP contribution in [0.3, 0.4) is 0 Å². The lowest BCUT2D eigenvalue weighted by atomic mass is 9.97. The van der Waals surface area contributed by atoms with Crippen molar-refractivity contribution in [3.8, 4) is 0 Å². The number of allylic oxidation sites excluding steroid dienone is 1. The van der Waals surface area contributed by atoms with Crippen molar-refractivity contribution in [1.82, 2.24) is 10.2 Å². The van der Waals surface area contributed by atoms with E-state index in [0.717, 1.165) is 24.2 Å². The fourth-order valence-corrected chi connectivity index (χ4v) is 3.86. The number of nitrogens with one attached hydrogen (secondary N) is 1. The molecular weight excluding hydrogens is 340 g/mol. The highest BCUT2D eigenvalue weighted by atomic mass is 16.2. The minimum atomic E-state index is -0.766. The molecule has 1 atom stereocenters. The van der Waals surface area contributed by atoms with Gasteiger partial charge in [0.1, 0.15) is 6.04 Å². The summed E-state index contributed by atoms with van der Waals surface area (Å²) in [5, 5.41) is 2.95. The molecule has 0 aromatic heterocycles. The van der Waals surface area contributed by atoms with Crippen LogP contribution in [0.25, 0.3) is 0 Å². The van der Waals surface area contributed by atoms with Crippen LogP contribution in [0, 0.1) is 5.92 Å². The van der Waals surface area contributed by atoms with Gasteiger partial charge in [0, 0.05) is 6.54 Å². The van der Waals surface area contributed by atoms with E-state index in [2.05, 4.69) is 11.4 Å². The van der Waals surface area contributed by atoms with Crippen LogP contribution in [0.1, 0.15) is 73.1 Å². The Labute approximate surface area is 160 Å². The molecule has 0 saturated carbocycles. The number of carbonyl (C=O) groups excluding carboxylic acids is 3. The quantitative estimate of drug-likeness (QED) is 0.589. The molecule has 0 radical (unpaired) electrons. The summed E-state index contributed by atoms with van der Waals surface area (Å²) in [6.07, 6.45) is 8.24. The predicted molar refractivity (Wildman–Crippen MR) is 104 cm³/mol. The second kappa shape index (κ2) is 8.51. The Morgan fingerprint density at radius 2 is 1.78 bits per heavy atom. The van der Waals surface area contributed by atoms with Gasteiger partial charge in [0.15, 0.2) is 0 Å². The van der Waals surface area contributed by atoms with Gasteiger partial charge in [0.25, 0.3) is 11.8 Å². The number of imide groups is 1. The molecule has 1 unspecified atom stereocenters. The van der Waals surface area contributed by atoms with Gasteiger partial charge in [-0.25, -0.2) is 0 Å². The lowest BCUT2D eigenvalue weighted by Crippen LogP contribution is -2.50. The number of hydrogen-bond acceptors (Lipinski definition) is 3. The molecular formula is C22H28N2O3. The Bertz CT molecular complexity index is 732. The Balaban J connectivity index is 1.70. The number of fused-ring (bicyclic) bond motifs is 1. The third-order valence-electron chi connectivity index (χ3n) is 5.26. The SMILES string of the molecule is CC(C)CC(C(=O)NCCC1=CCCCC1)N1C(=O)c2ccccc2C1=O. The highest BCUT2D eigenvalue weighted by Gasteiger charge is 2.42. The maximum atomic E-state index is 12.9. The first-order chi connectivity index (χ1) is 13.0. The summed E-state index contributed by atoms with van der Waals surface area (Å²) in [7, 11) is 0. The molecule has 5 nitrogen and oxygen atoms in total. The maximum absolute atomic E-state index is 12.9. The van der Waals surface area contributed by atoms with Crippen LogP contribution in [0.5, 0.6) is 0 Å². The van der Waals surface area contributed by atoms with Crippen LogP contribution in [0.2, 0.25) is 0 Å². The molecule has 1 aliphatic carbocycles. The van der Waals surface area contributed by atoms with Gasteiger partial charge in [0.2, 0.25) is 5.91 Å². The molecule has 144 valence electrons. The number of benzene rings is 1. The Kier molecular flexibility index (Phi) is 6.09. The number of hydrogen-bond donors (Lipinski definition) is 1. The zero-order valence-electron chi connectivity index (χ0n) is 16.2. The molecule has 1 aliphatic heterocycles. The fourth-order valence-electron chi connectivity index (χ4n) is 3.86. The average molecular weight is 368 g/mol. The van der Waals surface area contributed by atoms with Gasteiger partial charge in [-0.15, -0.1) is 0 Å².